The molecule has 0 aliphatic rings. The Morgan fingerprint density at radius 2 is 2.00 bits per heavy atom. The summed E-state index contributed by atoms with van der Waals surface area (Å²) in [6, 6.07) is 4.11. The normalized spacial score (nSPS) is 11.7. The summed E-state index contributed by atoms with van der Waals surface area (Å²) in [5.74, 6) is 0. The number of aryl methyl sites for hydroxylation is 1. The quantitative estimate of drug-likeness (QED) is 0.617. The maximum atomic E-state index is 4.24. The van der Waals surface area contributed by atoms with E-state index >= 15 is 0 Å². The van der Waals surface area contributed by atoms with Crippen molar-refractivity contribution in [2.24, 2.45) is 0 Å². The summed E-state index contributed by atoms with van der Waals surface area (Å²) in [4.78, 5) is 5.52. The van der Waals surface area contributed by atoms with Crippen LogP contribution < -0.4 is 0 Å². The van der Waals surface area contributed by atoms with Gasteiger partial charge in [0.1, 0.15) is 0 Å². The maximum absolute atomic E-state index is 4.24. The molecule has 0 bridgehead atoms. The van der Waals surface area contributed by atoms with Crippen LogP contribution in [0, 0.1) is 6.92 Å². The molecule has 1 aromatic rings. The minimum atomic E-state index is 0.272. The van der Waals surface area contributed by atoms with Crippen LogP contribution in [0.25, 0.3) is 0 Å². The molecule has 0 radical (unpaired) electrons. The fraction of sp³-hybridized carbons (Fsp3) is 0.500. The van der Waals surface area contributed by atoms with Gasteiger partial charge in [0.25, 0.3) is 0 Å². The van der Waals surface area contributed by atoms with E-state index in [2.05, 4.69) is 31.8 Å². The Kier molecular flexibility index (Phi) is 2.78. The molecule has 0 saturated carbocycles. The summed E-state index contributed by atoms with van der Waals surface area (Å²) in [5.41, 5.74) is 1.12. The van der Waals surface area contributed by atoms with Gasteiger partial charge in [0, 0.05) is 15.8 Å². The molecule has 0 unspecified atom stereocenters. The molecule has 0 fully saturated rings. The minimum absolute atomic E-state index is 0.272. The predicted molar refractivity (Wildman–Crippen MR) is 54.6 cm³/mol. The second-order valence-electron chi connectivity index (χ2n) is 3.80. The number of thioether (sulfide) groups is 1. The van der Waals surface area contributed by atoms with E-state index in [1.807, 2.05) is 30.9 Å². The Hall–Kier alpha value is -0.500. The van der Waals surface area contributed by atoms with E-state index in [-0.39, 0.29) is 4.75 Å². The maximum Gasteiger partial charge on any atom is 0.0508 e. The molecule has 2 heteroatoms. The molecule has 0 atom stereocenters. The molecule has 1 aromatic heterocycles. The third-order valence-corrected chi connectivity index (χ3v) is 2.64. The minimum Gasteiger partial charge on any atom is -0.260 e. The van der Waals surface area contributed by atoms with Gasteiger partial charge in [-0.2, -0.15) is 0 Å². The molecule has 0 aromatic carbocycles. The van der Waals surface area contributed by atoms with Crippen molar-refractivity contribution in [3.8, 4) is 0 Å². The van der Waals surface area contributed by atoms with Crippen LogP contribution in [0.4, 0.5) is 0 Å². The zero-order valence-corrected chi connectivity index (χ0v) is 8.90. The molecule has 0 spiro atoms. The number of hydrogen-bond acceptors (Lipinski definition) is 2. The molecular weight excluding hydrogens is 166 g/mol. The van der Waals surface area contributed by atoms with Crippen LogP contribution in [-0.2, 0) is 0 Å². The SMILES string of the molecule is Cc1ncccc1SC(C)(C)C. The van der Waals surface area contributed by atoms with Gasteiger partial charge in [0.05, 0.1) is 5.69 Å². The average Bonchev–Trinajstić information content (AvgIpc) is 1.91. The molecule has 1 rings (SSSR count). The highest BCUT2D eigenvalue weighted by molar-refractivity contribution is 8.00. The molecule has 0 aliphatic carbocycles. The Morgan fingerprint density at radius 3 is 2.50 bits per heavy atom. The van der Waals surface area contributed by atoms with Crippen molar-refractivity contribution < 1.29 is 0 Å². The molecule has 1 nitrogen and oxygen atoms in total. The van der Waals surface area contributed by atoms with E-state index in [0.29, 0.717) is 0 Å². The van der Waals surface area contributed by atoms with Gasteiger partial charge in [-0.15, -0.1) is 11.8 Å². The summed E-state index contributed by atoms with van der Waals surface area (Å²) in [5, 5.41) is 0. The van der Waals surface area contributed by atoms with Crippen LogP contribution in [-0.4, -0.2) is 9.73 Å². The van der Waals surface area contributed by atoms with E-state index < -0.39 is 0 Å². The standard InChI is InChI=1S/C10H15NS/c1-8-9(6-5-7-11-8)12-10(2,3)4/h5-7H,1-4H3. The molecular formula is C10H15NS. The van der Waals surface area contributed by atoms with E-state index in [1.54, 1.807) is 0 Å². The fourth-order valence-corrected chi connectivity index (χ4v) is 1.91. The zero-order chi connectivity index (χ0) is 9.19. The van der Waals surface area contributed by atoms with Crippen molar-refractivity contribution in [2.75, 3.05) is 0 Å². The first-order valence-electron chi connectivity index (χ1n) is 4.10. The number of rotatable bonds is 1. The van der Waals surface area contributed by atoms with Gasteiger partial charge in [-0.1, -0.05) is 20.8 Å². The summed E-state index contributed by atoms with van der Waals surface area (Å²) < 4.78 is 0.272. The summed E-state index contributed by atoms with van der Waals surface area (Å²) >= 11 is 1.86. The Balaban J connectivity index is 2.83. The predicted octanol–water partition coefficient (Wildman–Crippen LogP) is 3.28. The van der Waals surface area contributed by atoms with Crippen molar-refractivity contribution in [2.45, 2.75) is 37.3 Å². The van der Waals surface area contributed by atoms with Gasteiger partial charge in [-0.05, 0) is 19.1 Å². The highest BCUT2D eigenvalue weighted by atomic mass is 32.2. The largest absolute Gasteiger partial charge is 0.260 e. The third-order valence-electron chi connectivity index (χ3n) is 1.37. The van der Waals surface area contributed by atoms with Gasteiger partial charge in [0.2, 0.25) is 0 Å². The van der Waals surface area contributed by atoms with Crippen molar-refractivity contribution in [1.29, 1.82) is 0 Å². The average molecular weight is 181 g/mol. The van der Waals surface area contributed by atoms with E-state index in [0.717, 1.165) is 5.69 Å². The lowest BCUT2D eigenvalue weighted by Gasteiger charge is -2.18. The van der Waals surface area contributed by atoms with Crippen molar-refractivity contribution in [3.63, 3.8) is 0 Å². The summed E-state index contributed by atoms with van der Waals surface area (Å²) in [6.45, 7) is 8.69. The highest BCUT2D eigenvalue weighted by Gasteiger charge is 2.13. The summed E-state index contributed by atoms with van der Waals surface area (Å²) in [7, 11) is 0. The van der Waals surface area contributed by atoms with Crippen LogP contribution in [0.15, 0.2) is 23.2 Å². The van der Waals surface area contributed by atoms with Crippen molar-refractivity contribution in [1.82, 2.24) is 4.98 Å². The number of hydrogen-bond donors (Lipinski definition) is 0. The molecule has 1 heterocycles. The Labute approximate surface area is 78.6 Å². The molecule has 66 valence electrons. The number of aromatic nitrogens is 1. The lowest BCUT2D eigenvalue weighted by atomic mass is 10.3. The van der Waals surface area contributed by atoms with Crippen LogP contribution in [0.1, 0.15) is 26.5 Å². The van der Waals surface area contributed by atoms with Gasteiger partial charge in [-0.25, -0.2) is 0 Å². The van der Waals surface area contributed by atoms with E-state index in [4.69, 9.17) is 0 Å². The van der Waals surface area contributed by atoms with Crippen LogP contribution in [0.3, 0.4) is 0 Å². The zero-order valence-electron chi connectivity index (χ0n) is 8.09. The van der Waals surface area contributed by atoms with Crippen molar-refractivity contribution in [3.05, 3.63) is 24.0 Å². The van der Waals surface area contributed by atoms with Gasteiger partial charge < -0.3 is 0 Å². The monoisotopic (exact) mass is 181 g/mol. The Bertz CT molecular complexity index is 263. The highest BCUT2D eigenvalue weighted by Crippen LogP contribution is 2.32. The van der Waals surface area contributed by atoms with Crippen molar-refractivity contribution >= 4 is 11.8 Å². The van der Waals surface area contributed by atoms with Gasteiger partial charge >= 0.3 is 0 Å². The molecule has 0 saturated heterocycles. The first-order chi connectivity index (χ1) is 5.49. The first-order valence-corrected chi connectivity index (χ1v) is 4.91. The fourth-order valence-electron chi connectivity index (χ4n) is 0.907. The van der Waals surface area contributed by atoms with Gasteiger partial charge in [-0.3, -0.25) is 4.98 Å². The lowest BCUT2D eigenvalue weighted by Crippen LogP contribution is -2.07. The molecule has 0 N–H and O–H groups in total. The number of pyridine rings is 1. The topological polar surface area (TPSA) is 12.9 Å². The smallest absolute Gasteiger partial charge is 0.0508 e. The van der Waals surface area contributed by atoms with E-state index in [9.17, 15) is 0 Å². The molecule has 0 amide bonds. The molecule has 12 heavy (non-hydrogen) atoms. The Morgan fingerprint density at radius 1 is 1.33 bits per heavy atom. The second-order valence-corrected chi connectivity index (χ2v) is 5.67. The first kappa shape index (κ1) is 9.59. The molecule has 0 aliphatic heterocycles. The second kappa shape index (κ2) is 3.48. The lowest BCUT2D eigenvalue weighted by molar-refractivity contribution is 0.801. The number of nitrogens with zero attached hydrogens (tertiary/aromatic N) is 1. The third kappa shape index (κ3) is 2.86. The van der Waals surface area contributed by atoms with Crippen LogP contribution >= 0.6 is 11.8 Å². The van der Waals surface area contributed by atoms with Gasteiger partial charge in [0.15, 0.2) is 0 Å². The van der Waals surface area contributed by atoms with E-state index in [1.165, 1.54) is 4.90 Å². The van der Waals surface area contributed by atoms with Crippen LogP contribution in [0.2, 0.25) is 0 Å². The summed E-state index contributed by atoms with van der Waals surface area (Å²) in [6.07, 6.45) is 1.84. The van der Waals surface area contributed by atoms with Crippen LogP contribution in [0.5, 0.6) is 0 Å².